The molecule has 0 aliphatic rings. The average molecular weight is 279 g/mol. The molecule has 0 amide bonds. The summed E-state index contributed by atoms with van der Waals surface area (Å²) < 4.78 is 31.6. The number of hydrogen-bond acceptors (Lipinski definition) is 4. The fourth-order valence-electron chi connectivity index (χ4n) is 1.46. The van der Waals surface area contributed by atoms with Crippen LogP contribution in [-0.2, 0) is 6.54 Å². The maximum atomic E-state index is 13.4. The number of hydrogen-bond donors (Lipinski definition) is 1. The molecule has 1 N–H and O–H groups in total. The van der Waals surface area contributed by atoms with Crippen molar-refractivity contribution in [2.24, 2.45) is 0 Å². The zero-order valence-corrected chi connectivity index (χ0v) is 11.2. The highest BCUT2D eigenvalue weighted by Crippen LogP contribution is 2.23. The van der Waals surface area contributed by atoms with Gasteiger partial charge in [0.05, 0.1) is 18.1 Å². The van der Waals surface area contributed by atoms with Crippen molar-refractivity contribution >= 4 is 0 Å². The van der Waals surface area contributed by atoms with Gasteiger partial charge in [0.1, 0.15) is 5.82 Å². The molecule has 0 bridgehead atoms. The summed E-state index contributed by atoms with van der Waals surface area (Å²) >= 11 is 0. The lowest BCUT2D eigenvalue weighted by Gasteiger charge is -2.08. The number of aromatic nitrogens is 2. The predicted molar refractivity (Wildman–Crippen MR) is 70.4 cm³/mol. The zero-order chi connectivity index (χ0) is 14.5. The Labute approximate surface area is 115 Å². The standard InChI is InChI=1S/C14H15F2N3O/c1-9(2)17-6-11-7-19-14(8-18-11)20-13-5-10(15)3-4-12(13)16/h3-5,7-9,17H,6H2,1-2H3. The van der Waals surface area contributed by atoms with Crippen molar-refractivity contribution in [3.05, 3.63) is 47.9 Å². The quantitative estimate of drug-likeness (QED) is 0.913. The Kier molecular flexibility index (Phi) is 4.57. The topological polar surface area (TPSA) is 47.0 Å². The summed E-state index contributed by atoms with van der Waals surface area (Å²) in [4.78, 5) is 8.14. The number of ether oxygens (including phenoxy) is 1. The van der Waals surface area contributed by atoms with Crippen LogP contribution in [0.1, 0.15) is 19.5 Å². The highest BCUT2D eigenvalue weighted by Gasteiger charge is 2.07. The summed E-state index contributed by atoms with van der Waals surface area (Å²) in [6, 6.07) is 3.33. The van der Waals surface area contributed by atoms with Gasteiger partial charge >= 0.3 is 0 Å². The van der Waals surface area contributed by atoms with Gasteiger partial charge in [-0.05, 0) is 12.1 Å². The third kappa shape index (κ3) is 3.96. The molecule has 0 unspecified atom stereocenters. The molecule has 20 heavy (non-hydrogen) atoms. The van der Waals surface area contributed by atoms with E-state index >= 15 is 0 Å². The SMILES string of the molecule is CC(C)NCc1cnc(Oc2cc(F)ccc2F)cn1. The fourth-order valence-corrected chi connectivity index (χ4v) is 1.46. The Balaban J connectivity index is 2.05. The highest BCUT2D eigenvalue weighted by molar-refractivity contribution is 5.28. The van der Waals surface area contributed by atoms with Gasteiger partial charge in [-0.3, -0.25) is 4.98 Å². The van der Waals surface area contributed by atoms with E-state index in [1.807, 2.05) is 13.8 Å². The third-order valence-electron chi connectivity index (χ3n) is 2.48. The lowest BCUT2D eigenvalue weighted by Crippen LogP contribution is -2.22. The highest BCUT2D eigenvalue weighted by atomic mass is 19.1. The van der Waals surface area contributed by atoms with Crippen LogP contribution in [0.4, 0.5) is 8.78 Å². The van der Waals surface area contributed by atoms with Crippen molar-refractivity contribution in [3.63, 3.8) is 0 Å². The maximum absolute atomic E-state index is 13.4. The first-order valence-electron chi connectivity index (χ1n) is 6.22. The van der Waals surface area contributed by atoms with Crippen LogP contribution in [0.15, 0.2) is 30.6 Å². The van der Waals surface area contributed by atoms with Gasteiger partial charge in [-0.1, -0.05) is 13.8 Å². The second-order valence-electron chi connectivity index (χ2n) is 4.56. The molecule has 6 heteroatoms. The Morgan fingerprint density at radius 2 is 2.00 bits per heavy atom. The lowest BCUT2D eigenvalue weighted by molar-refractivity contribution is 0.419. The molecule has 0 radical (unpaired) electrons. The molecule has 0 aliphatic carbocycles. The molecule has 0 aliphatic heterocycles. The molecule has 0 fully saturated rings. The molecule has 106 valence electrons. The van der Waals surface area contributed by atoms with E-state index in [9.17, 15) is 8.78 Å². The number of rotatable bonds is 5. The molecular weight excluding hydrogens is 264 g/mol. The van der Waals surface area contributed by atoms with Crippen LogP contribution in [-0.4, -0.2) is 16.0 Å². The number of nitrogens with zero attached hydrogens (tertiary/aromatic N) is 2. The molecule has 0 saturated carbocycles. The van der Waals surface area contributed by atoms with E-state index < -0.39 is 11.6 Å². The molecule has 1 heterocycles. The Morgan fingerprint density at radius 3 is 2.65 bits per heavy atom. The largest absolute Gasteiger partial charge is 0.434 e. The van der Waals surface area contributed by atoms with Gasteiger partial charge in [0, 0.05) is 18.7 Å². The normalized spacial score (nSPS) is 10.8. The summed E-state index contributed by atoms with van der Waals surface area (Å²) in [6.07, 6.45) is 2.91. The predicted octanol–water partition coefficient (Wildman–Crippen LogP) is 3.05. The molecule has 0 spiro atoms. The van der Waals surface area contributed by atoms with Gasteiger partial charge in [0.15, 0.2) is 11.6 Å². The van der Waals surface area contributed by atoms with Crippen molar-refractivity contribution < 1.29 is 13.5 Å². The third-order valence-corrected chi connectivity index (χ3v) is 2.48. The van der Waals surface area contributed by atoms with Gasteiger partial charge in [0.25, 0.3) is 0 Å². The second-order valence-corrected chi connectivity index (χ2v) is 4.56. The zero-order valence-electron chi connectivity index (χ0n) is 11.2. The van der Waals surface area contributed by atoms with Crippen LogP contribution >= 0.6 is 0 Å². The minimum absolute atomic E-state index is 0.114. The first kappa shape index (κ1) is 14.3. The molecule has 2 aromatic rings. The van der Waals surface area contributed by atoms with Crippen LogP contribution in [0.5, 0.6) is 11.6 Å². The summed E-state index contributed by atoms with van der Waals surface area (Å²) in [5, 5.41) is 3.19. The van der Waals surface area contributed by atoms with E-state index in [-0.39, 0.29) is 11.6 Å². The van der Waals surface area contributed by atoms with Gasteiger partial charge in [-0.2, -0.15) is 0 Å². The van der Waals surface area contributed by atoms with Crippen molar-refractivity contribution in [1.82, 2.24) is 15.3 Å². The fraction of sp³-hybridized carbons (Fsp3) is 0.286. The van der Waals surface area contributed by atoms with E-state index in [4.69, 9.17) is 4.74 Å². The van der Waals surface area contributed by atoms with Crippen LogP contribution in [0.3, 0.4) is 0 Å². The van der Waals surface area contributed by atoms with E-state index in [0.717, 1.165) is 23.9 Å². The van der Waals surface area contributed by atoms with Gasteiger partial charge in [0.2, 0.25) is 5.88 Å². The summed E-state index contributed by atoms with van der Waals surface area (Å²) in [5.74, 6) is -1.33. The minimum atomic E-state index is -0.654. The van der Waals surface area contributed by atoms with Crippen molar-refractivity contribution in [2.75, 3.05) is 0 Å². The molecule has 4 nitrogen and oxygen atoms in total. The first-order valence-corrected chi connectivity index (χ1v) is 6.22. The molecule has 1 aromatic heterocycles. The number of halogens is 2. The Morgan fingerprint density at radius 1 is 1.20 bits per heavy atom. The molecule has 2 rings (SSSR count). The molecule has 1 aromatic carbocycles. The molecule has 0 saturated heterocycles. The van der Waals surface area contributed by atoms with E-state index in [0.29, 0.717) is 12.6 Å². The monoisotopic (exact) mass is 279 g/mol. The van der Waals surface area contributed by atoms with Gasteiger partial charge in [-0.25, -0.2) is 13.8 Å². The van der Waals surface area contributed by atoms with Crippen molar-refractivity contribution in [3.8, 4) is 11.6 Å². The van der Waals surface area contributed by atoms with Crippen LogP contribution in [0, 0.1) is 11.6 Å². The van der Waals surface area contributed by atoms with Crippen molar-refractivity contribution in [1.29, 1.82) is 0 Å². The molecule has 0 atom stereocenters. The summed E-state index contributed by atoms with van der Waals surface area (Å²) in [5.41, 5.74) is 0.741. The summed E-state index contributed by atoms with van der Waals surface area (Å²) in [6.45, 7) is 4.63. The lowest BCUT2D eigenvalue weighted by atomic mass is 10.3. The molecular formula is C14H15F2N3O. The first-order chi connectivity index (χ1) is 9.54. The van der Waals surface area contributed by atoms with Crippen LogP contribution in [0.25, 0.3) is 0 Å². The Bertz CT molecular complexity index is 573. The summed E-state index contributed by atoms with van der Waals surface area (Å²) in [7, 11) is 0. The number of nitrogens with one attached hydrogen (secondary N) is 1. The van der Waals surface area contributed by atoms with E-state index in [1.165, 1.54) is 12.4 Å². The average Bonchev–Trinajstić information content (AvgIpc) is 2.42. The second kappa shape index (κ2) is 6.38. The maximum Gasteiger partial charge on any atom is 0.237 e. The Hall–Kier alpha value is -2.08. The van der Waals surface area contributed by atoms with Gasteiger partial charge < -0.3 is 10.1 Å². The van der Waals surface area contributed by atoms with Crippen LogP contribution < -0.4 is 10.1 Å². The van der Waals surface area contributed by atoms with Crippen molar-refractivity contribution in [2.45, 2.75) is 26.4 Å². The van der Waals surface area contributed by atoms with Gasteiger partial charge in [-0.15, -0.1) is 0 Å². The minimum Gasteiger partial charge on any atom is -0.434 e. The number of benzene rings is 1. The van der Waals surface area contributed by atoms with E-state index in [1.54, 1.807) is 0 Å². The smallest absolute Gasteiger partial charge is 0.237 e. The van der Waals surface area contributed by atoms with Crippen LogP contribution in [0.2, 0.25) is 0 Å². The van der Waals surface area contributed by atoms with E-state index in [2.05, 4.69) is 15.3 Å².